The zero-order chi connectivity index (χ0) is 13.3. The third-order valence-corrected chi connectivity index (χ3v) is 2.61. The molecule has 0 atom stereocenters. The quantitative estimate of drug-likeness (QED) is 0.837. The maximum atomic E-state index is 11.9. The van der Waals surface area contributed by atoms with Crippen molar-refractivity contribution < 1.29 is 4.79 Å². The molecule has 2 rings (SSSR count). The number of amides is 1. The van der Waals surface area contributed by atoms with Gasteiger partial charge in [-0.05, 0) is 31.2 Å². The molecule has 94 valence electrons. The molecule has 2 aromatic heterocycles. The number of hydrogen-bond acceptors (Lipinski definition) is 3. The monoisotopic (exact) mass is 243 g/mol. The third kappa shape index (κ3) is 2.64. The van der Waals surface area contributed by atoms with Gasteiger partial charge in [0.05, 0.1) is 0 Å². The molecule has 0 aromatic carbocycles. The highest BCUT2D eigenvalue weighted by molar-refractivity contribution is 5.94. The molecule has 0 aliphatic rings. The van der Waals surface area contributed by atoms with E-state index in [0.717, 1.165) is 11.1 Å². The minimum atomic E-state index is -0.434. The summed E-state index contributed by atoms with van der Waals surface area (Å²) >= 11 is 0. The van der Waals surface area contributed by atoms with Crippen LogP contribution in [0.2, 0.25) is 0 Å². The normalized spacial score (nSPS) is 11.6. The van der Waals surface area contributed by atoms with Crippen molar-refractivity contribution in [2.24, 2.45) is 5.41 Å². The van der Waals surface area contributed by atoms with Gasteiger partial charge < -0.3 is 5.32 Å². The van der Waals surface area contributed by atoms with E-state index in [1.54, 1.807) is 6.07 Å². The fourth-order valence-corrected chi connectivity index (χ4v) is 1.47. The Labute approximate surface area is 106 Å². The lowest BCUT2D eigenvalue weighted by Gasteiger charge is -2.17. The van der Waals surface area contributed by atoms with Crippen LogP contribution in [0.15, 0.2) is 24.3 Å². The van der Waals surface area contributed by atoms with Crippen molar-refractivity contribution >= 4 is 22.8 Å². The third-order valence-electron chi connectivity index (χ3n) is 2.61. The minimum Gasteiger partial charge on any atom is -0.310 e. The van der Waals surface area contributed by atoms with Crippen molar-refractivity contribution in [1.29, 1.82) is 0 Å². The number of anilines is 1. The molecule has 2 aromatic rings. The zero-order valence-corrected chi connectivity index (χ0v) is 11.1. The summed E-state index contributed by atoms with van der Waals surface area (Å²) in [5, 5.41) is 3.77. The first-order valence-electron chi connectivity index (χ1n) is 5.92. The molecule has 0 radical (unpaired) electrons. The Bertz CT molecular complexity index is 600. The molecule has 0 aliphatic heterocycles. The van der Waals surface area contributed by atoms with Crippen molar-refractivity contribution in [3.63, 3.8) is 0 Å². The van der Waals surface area contributed by atoms with Gasteiger partial charge in [0.25, 0.3) is 0 Å². The van der Waals surface area contributed by atoms with Crippen molar-refractivity contribution in [1.82, 2.24) is 9.97 Å². The van der Waals surface area contributed by atoms with Crippen LogP contribution in [0.3, 0.4) is 0 Å². The number of aryl methyl sites for hydroxylation is 1. The number of fused-ring (bicyclic) bond motifs is 1. The molecule has 1 amide bonds. The van der Waals surface area contributed by atoms with E-state index in [0.29, 0.717) is 11.5 Å². The summed E-state index contributed by atoms with van der Waals surface area (Å²) in [7, 11) is 0. The molecular weight excluding hydrogens is 226 g/mol. The highest BCUT2D eigenvalue weighted by atomic mass is 16.2. The Hall–Kier alpha value is -1.97. The number of aromatic nitrogens is 2. The number of nitrogens with zero attached hydrogens (tertiary/aromatic N) is 2. The largest absolute Gasteiger partial charge is 0.310 e. The predicted molar refractivity (Wildman–Crippen MR) is 72.4 cm³/mol. The average Bonchev–Trinajstić information content (AvgIpc) is 2.27. The Morgan fingerprint density at radius 3 is 2.44 bits per heavy atom. The van der Waals surface area contributed by atoms with E-state index in [4.69, 9.17) is 0 Å². The fourth-order valence-electron chi connectivity index (χ4n) is 1.47. The summed E-state index contributed by atoms with van der Waals surface area (Å²) in [5.74, 6) is 0.488. The van der Waals surface area contributed by atoms with E-state index in [2.05, 4.69) is 15.3 Å². The highest BCUT2D eigenvalue weighted by Crippen LogP contribution is 2.18. The maximum Gasteiger partial charge on any atom is 0.230 e. The van der Waals surface area contributed by atoms with Crippen LogP contribution in [0.4, 0.5) is 5.82 Å². The molecule has 0 fully saturated rings. The van der Waals surface area contributed by atoms with Gasteiger partial charge in [-0.2, -0.15) is 0 Å². The number of carbonyl (C=O) groups excluding carboxylic acids is 1. The Kier molecular flexibility index (Phi) is 3.03. The van der Waals surface area contributed by atoms with E-state index in [-0.39, 0.29) is 5.91 Å². The number of pyridine rings is 2. The second-order valence-corrected chi connectivity index (χ2v) is 5.40. The van der Waals surface area contributed by atoms with Gasteiger partial charge in [-0.3, -0.25) is 4.79 Å². The lowest BCUT2D eigenvalue weighted by molar-refractivity contribution is -0.123. The van der Waals surface area contributed by atoms with Crippen LogP contribution in [0, 0.1) is 12.3 Å². The van der Waals surface area contributed by atoms with Gasteiger partial charge in [0, 0.05) is 16.5 Å². The Morgan fingerprint density at radius 1 is 1.11 bits per heavy atom. The zero-order valence-electron chi connectivity index (χ0n) is 11.1. The van der Waals surface area contributed by atoms with Crippen molar-refractivity contribution in [2.75, 3.05) is 5.32 Å². The number of rotatable bonds is 1. The number of hydrogen-bond donors (Lipinski definition) is 1. The summed E-state index contributed by atoms with van der Waals surface area (Å²) in [5.41, 5.74) is 1.13. The van der Waals surface area contributed by atoms with Crippen molar-refractivity contribution in [3.8, 4) is 0 Å². The summed E-state index contributed by atoms with van der Waals surface area (Å²) in [6.07, 6.45) is 0. The van der Waals surface area contributed by atoms with Crippen molar-refractivity contribution in [2.45, 2.75) is 27.7 Å². The van der Waals surface area contributed by atoms with Crippen LogP contribution >= 0.6 is 0 Å². The van der Waals surface area contributed by atoms with Crippen LogP contribution in [-0.2, 0) is 4.79 Å². The van der Waals surface area contributed by atoms with Gasteiger partial charge in [0.1, 0.15) is 5.82 Å². The molecule has 18 heavy (non-hydrogen) atoms. The molecule has 0 aliphatic carbocycles. The molecule has 4 nitrogen and oxygen atoms in total. The first-order chi connectivity index (χ1) is 8.36. The summed E-state index contributed by atoms with van der Waals surface area (Å²) in [6, 6.07) is 7.62. The molecule has 1 N–H and O–H groups in total. The lowest BCUT2D eigenvalue weighted by Crippen LogP contribution is -2.28. The van der Waals surface area contributed by atoms with Gasteiger partial charge in [0.15, 0.2) is 5.65 Å². The van der Waals surface area contributed by atoms with Crippen LogP contribution < -0.4 is 5.32 Å². The van der Waals surface area contributed by atoms with E-state index in [9.17, 15) is 4.79 Å². The standard InChI is InChI=1S/C14H17N3O/c1-9-5-6-10-7-8-11(16-12(10)15-9)17-13(18)14(2,3)4/h5-8H,1-4H3,(H,15,16,17,18). The predicted octanol–water partition coefficient (Wildman–Crippen LogP) is 2.92. The molecule has 2 heterocycles. The number of carbonyl (C=O) groups is 1. The Morgan fingerprint density at radius 2 is 1.78 bits per heavy atom. The van der Waals surface area contributed by atoms with E-state index >= 15 is 0 Å². The average molecular weight is 243 g/mol. The van der Waals surface area contributed by atoms with Crippen LogP contribution in [0.5, 0.6) is 0 Å². The lowest BCUT2D eigenvalue weighted by atomic mass is 9.96. The summed E-state index contributed by atoms with van der Waals surface area (Å²) in [4.78, 5) is 20.6. The molecular formula is C14H17N3O. The van der Waals surface area contributed by atoms with Gasteiger partial charge in [-0.25, -0.2) is 9.97 Å². The second-order valence-electron chi connectivity index (χ2n) is 5.40. The second kappa shape index (κ2) is 4.37. The smallest absolute Gasteiger partial charge is 0.230 e. The van der Waals surface area contributed by atoms with Crippen LogP contribution in [-0.4, -0.2) is 15.9 Å². The van der Waals surface area contributed by atoms with Crippen LogP contribution in [0.1, 0.15) is 26.5 Å². The molecule has 0 bridgehead atoms. The molecule has 0 unspecified atom stereocenters. The molecule has 0 saturated heterocycles. The first kappa shape index (κ1) is 12.5. The van der Waals surface area contributed by atoms with Gasteiger partial charge in [-0.15, -0.1) is 0 Å². The maximum absolute atomic E-state index is 11.9. The fraction of sp³-hybridized carbons (Fsp3) is 0.357. The minimum absolute atomic E-state index is 0.0537. The highest BCUT2D eigenvalue weighted by Gasteiger charge is 2.21. The van der Waals surface area contributed by atoms with E-state index < -0.39 is 5.41 Å². The SMILES string of the molecule is Cc1ccc2ccc(NC(=O)C(C)(C)C)nc2n1. The Balaban J connectivity index is 2.33. The van der Waals surface area contributed by atoms with E-state index in [1.165, 1.54) is 0 Å². The first-order valence-corrected chi connectivity index (χ1v) is 5.92. The van der Waals surface area contributed by atoms with Crippen LogP contribution in [0.25, 0.3) is 11.0 Å². The van der Waals surface area contributed by atoms with Gasteiger partial charge in [0.2, 0.25) is 5.91 Å². The number of nitrogens with one attached hydrogen (secondary N) is 1. The molecule has 0 spiro atoms. The summed E-state index contributed by atoms with van der Waals surface area (Å²) < 4.78 is 0. The topological polar surface area (TPSA) is 54.9 Å². The molecule has 0 saturated carbocycles. The van der Waals surface area contributed by atoms with Gasteiger partial charge >= 0.3 is 0 Å². The van der Waals surface area contributed by atoms with E-state index in [1.807, 2.05) is 45.9 Å². The summed E-state index contributed by atoms with van der Waals surface area (Å²) in [6.45, 7) is 7.52. The van der Waals surface area contributed by atoms with Gasteiger partial charge in [-0.1, -0.05) is 20.8 Å². The van der Waals surface area contributed by atoms with Crippen molar-refractivity contribution in [3.05, 3.63) is 30.0 Å². The molecule has 4 heteroatoms.